The SMILES string of the molecule is COCc1nc(C2Cc3ccccc3C2)nc(N)c1I. The van der Waals surface area contributed by atoms with E-state index in [9.17, 15) is 0 Å². The van der Waals surface area contributed by atoms with Gasteiger partial charge in [-0.2, -0.15) is 0 Å². The zero-order valence-electron chi connectivity index (χ0n) is 11.3. The normalized spacial score (nSPS) is 14.5. The minimum Gasteiger partial charge on any atom is -0.383 e. The Morgan fingerprint density at radius 2 is 1.90 bits per heavy atom. The number of nitrogens with zero attached hydrogens (tertiary/aromatic N) is 2. The van der Waals surface area contributed by atoms with E-state index in [0.717, 1.165) is 27.9 Å². The Kier molecular flexibility index (Phi) is 3.89. The summed E-state index contributed by atoms with van der Waals surface area (Å²) in [6, 6.07) is 8.53. The molecule has 1 heterocycles. The van der Waals surface area contributed by atoms with E-state index in [4.69, 9.17) is 10.5 Å². The van der Waals surface area contributed by atoms with E-state index in [1.54, 1.807) is 7.11 Å². The quantitative estimate of drug-likeness (QED) is 0.831. The molecular weight excluding hydrogens is 365 g/mol. The fraction of sp³-hybridized carbons (Fsp3) is 0.333. The van der Waals surface area contributed by atoms with Crippen LogP contribution in [0.3, 0.4) is 0 Å². The number of nitrogens with two attached hydrogens (primary N) is 1. The topological polar surface area (TPSA) is 61.0 Å². The van der Waals surface area contributed by atoms with Crippen molar-refractivity contribution in [3.8, 4) is 0 Å². The maximum absolute atomic E-state index is 6.01. The van der Waals surface area contributed by atoms with Gasteiger partial charge in [0.05, 0.1) is 15.9 Å². The van der Waals surface area contributed by atoms with Crippen molar-refractivity contribution in [3.63, 3.8) is 0 Å². The molecule has 0 unspecified atom stereocenters. The summed E-state index contributed by atoms with van der Waals surface area (Å²) in [4.78, 5) is 9.15. The molecule has 0 amide bonds. The van der Waals surface area contributed by atoms with Crippen LogP contribution in [-0.4, -0.2) is 17.1 Å². The van der Waals surface area contributed by atoms with Crippen LogP contribution >= 0.6 is 22.6 Å². The first-order chi connectivity index (χ1) is 9.69. The van der Waals surface area contributed by atoms with Crippen LogP contribution in [0.5, 0.6) is 0 Å². The van der Waals surface area contributed by atoms with Gasteiger partial charge in [0.15, 0.2) is 0 Å². The fourth-order valence-electron chi connectivity index (χ4n) is 2.69. The fourth-order valence-corrected chi connectivity index (χ4v) is 3.09. The second kappa shape index (κ2) is 5.65. The van der Waals surface area contributed by atoms with Gasteiger partial charge in [0.25, 0.3) is 0 Å². The Bertz CT molecular complexity index is 620. The van der Waals surface area contributed by atoms with Gasteiger partial charge in [0.1, 0.15) is 11.6 Å². The van der Waals surface area contributed by atoms with Crippen molar-refractivity contribution in [2.24, 2.45) is 0 Å². The lowest BCUT2D eigenvalue weighted by Gasteiger charge is -2.12. The number of nitrogen functional groups attached to an aromatic ring is 1. The molecule has 1 aliphatic rings. The highest BCUT2D eigenvalue weighted by Crippen LogP contribution is 2.33. The van der Waals surface area contributed by atoms with Crippen molar-refractivity contribution in [1.82, 2.24) is 9.97 Å². The van der Waals surface area contributed by atoms with Gasteiger partial charge in [-0.3, -0.25) is 0 Å². The van der Waals surface area contributed by atoms with Crippen LogP contribution in [0.15, 0.2) is 24.3 Å². The predicted octanol–water partition coefficient (Wildman–Crippen LogP) is 2.69. The van der Waals surface area contributed by atoms with Crippen molar-refractivity contribution in [3.05, 3.63) is 50.5 Å². The molecule has 0 spiro atoms. The van der Waals surface area contributed by atoms with E-state index in [-0.39, 0.29) is 0 Å². The van der Waals surface area contributed by atoms with E-state index >= 15 is 0 Å². The Morgan fingerprint density at radius 1 is 1.25 bits per heavy atom. The summed E-state index contributed by atoms with van der Waals surface area (Å²) in [7, 11) is 1.67. The molecule has 5 heteroatoms. The number of halogens is 1. The molecule has 2 aromatic rings. The van der Waals surface area contributed by atoms with E-state index in [2.05, 4.69) is 56.8 Å². The molecule has 0 atom stereocenters. The number of anilines is 1. The molecule has 0 bridgehead atoms. The molecule has 1 aliphatic carbocycles. The van der Waals surface area contributed by atoms with Gasteiger partial charge in [0.2, 0.25) is 0 Å². The monoisotopic (exact) mass is 381 g/mol. The lowest BCUT2D eigenvalue weighted by molar-refractivity contribution is 0.180. The smallest absolute Gasteiger partial charge is 0.141 e. The molecule has 104 valence electrons. The summed E-state index contributed by atoms with van der Waals surface area (Å²) in [6.07, 6.45) is 1.98. The molecule has 0 saturated heterocycles. The lowest BCUT2D eigenvalue weighted by atomic mass is 10.1. The number of ether oxygens (including phenoxy) is 1. The Labute approximate surface area is 131 Å². The van der Waals surface area contributed by atoms with Crippen molar-refractivity contribution in [2.75, 3.05) is 12.8 Å². The Morgan fingerprint density at radius 3 is 2.50 bits per heavy atom. The number of rotatable bonds is 3. The number of hydrogen-bond acceptors (Lipinski definition) is 4. The molecule has 0 radical (unpaired) electrons. The van der Waals surface area contributed by atoms with Crippen LogP contribution in [0.4, 0.5) is 5.82 Å². The van der Waals surface area contributed by atoms with Crippen LogP contribution in [0, 0.1) is 3.57 Å². The van der Waals surface area contributed by atoms with Crippen molar-refractivity contribution >= 4 is 28.4 Å². The molecule has 4 nitrogen and oxygen atoms in total. The van der Waals surface area contributed by atoms with E-state index in [1.807, 2.05) is 0 Å². The zero-order valence-corrected chi connectivity index (χ0v) is 13.4. The number of benzene rings is 1. The highest BCUT2D eigenvalue weighted by molar-refractivity contribution is 14.1. The average Bonchev–Trinajstić information content (AvgIpc) is 2.87. The van der Waals surface area contributed by atoms with E-state index < -0.39 is 0 Å². The van der Waals surface area contributed by atoms with Gasteiger partial charge < -0.3 is 10.5 Å². The minimum atomic E-state index is 0.322. The van der Waals surface area contributed by atoms with Gasteiger partial charge >= 0.3 is 0 Å². The largest absolute Gasteiger partial charge is 0.383 e. The summed E-state index contributed by atoms with van der Waals surface area (Å²) in [5.41, 5.74) is 9.68. The van der Waals surface area contributed by atoms with Gasteiger partial charge in [-0.15, -0.1) is 0 Å². The van der Waals surface area contributed by atoms with Gasteiger partial charge in [-0.1, -0.05) is 24.3 Å². The number of methoxy groups -OCH3 is 1. The lowest BCUT2D eigenvalue weighted by Crippen LogP contribution is -2.12. The molecule has 20 heavy (non-hydrogen) atoms. The zero-order chi connectivity index (χ0) is 14.1. The van der Waals surface area contributed by atoms with Crippen LogP contribution in [-0.2, 0) is 24.2 Å². The average molecular weight is 381 g/mol. The number of aromatic nitrogens is 2. The highest BCUT2D eigenvalue weighted by atomic mass is 127. The summed E-state index contributed by atoms with van der Waals surface area (Å²) in [5, 5.41) is 0. The molecular formula is C15H16IN3O. The third-order valence-electron chi connectivity index (χ3n) is 3.66. The standard InChI is InChI=1S/C15H16IN3O/c1-20-8-12-13(16)14(17)19-15(18-12)11-6-9-4-2-3-5-10(9)7-11/h2-5,11H,6-8H2,1H3,(H2,17,18,19). The van der Waals surface area contributed by atoms with Crippen LogP contribution in [0.25, 0.3) is 0 Å². The second-order valence-corrected chi connectivity index (χ2v) is 6.11. The molecule has 2 N–H and O–H groups in total. The minimum absolute atomic E-state index is 0.322. The van der Waals surface area contributed by atoms with Crippen molar-refractivity contribution in [1.29, 1.82) is 0 Å². The maximum atomic E-state index is 6.01. The Hall–Kier alpha value is -1.21. The van der Waals surface area contributed by atoms with Crippen LogP contribution in [0.1, 0.15) is 28.6 Å². The third kappa shape index (κ3) is 2.52. The van der Waals surface area contributed by atoms with Crippen molar-refractivity contribution in [2.45, 2.75) is 25.4 Å². The van der Waals surface area contributed by atoms with Crippen LogP contribution in [0.2, 0.25) is 0 Å². The molecule has 1 aromatic carbocycles. The number of hydrogen-bond donors (Lipinski definition) is 1. The van der Waals surface area contributed by atoms with E-state index in [1.165, 1.54) is 11.1 Å². The summed E-state index contributed by atoms with van der Waals surface area (Å²) in [6.45, 7) is 0.470. The van der Waals surface area contributed by atoms with Gasteiger partial charge in [-0.25, -0.2) is 9.97 Å². The van der Waals surface area contributed by atoms with Crippen molar-refractivity contribution < 1.29 is 4.74 Å². The Balaban J connectivity index is 1.93. The number of fused-ring (bicyclic) bond motifs is 1. The van der Waals surface area contributed by atoms with Crippen LogP contribution < -0.4 is 5.73 Å². The first-order valence-electron chi connectivity index (χ1n) is 6.56. The summed E-state index contributed by atoms with van der Waals surface area (Å²) in [5.74, 6) is 1.71. The molecule has 0 aliphatic heterocycles. The first-order valence-corrected chi connectivity index (χ1v) is 7.64. The summed E-state index contributed by atoms with van der Waals surface area (Å²) < 4.78 is 6.08. The second-order valence-electron chi connectivity index (χ2n) is 5.03. The molecule has 0 fully saturated rings. The predicted molar refractivity (Wildman–Crippen MR) is 86.5 cm³/mol. The van der Waals surface area contributed by atoms with Gasteiger partial charge in [-0.05, 0) is 46.6 Å². The maximum Gasteiger partial charge on any atom is 0.141 e. The highest BCUT2D eigenvalue weighted by Gasteiger charge is 2.26. The molecule has 3 rings (SSSR count). The molecule has 1 aromatic heterocycles. The van der Waals surface area contributed by atoms with Gasteiger partial charge in [0, 0.05) is 13.0 Å². The first kappa shape index (κ1) is 13.8. The summed E-state index contributed by atoms with van der Waals surface area (Å²) >= 11 is 2.18. The molecule has 0 saturated carbocycles. The van der Waals surface area contributed by atoms with E-state index in [0.29, 0.717) is 18.3 Å². The third-order valence-corrected chi connectivity index (χ3v) is 4.84.